The van der Waals surface area contributed by atoms with E-state index in [2.05, 4.69) is 17.2 Å². The Kier molecular flexibility index (Phi) is 8.05. The molecule has 7 heteroatoms. The third kappa shape index (κ3) is 6.43. The molecule has 0 bridgehead atoms. The van der Waals surface area contributed by atoms with Crippen molar-refractivity contribution in [1.82, 2.24) is 4.98 Å². The maximum atomic E-state index is 12.4. The molecule has 0 atom stereocenters. The van der Waals surface area contributed by atoms with Gasteiger partial charge in [-0.25, -0.2) is 4.98 Å². The van der Waals surface area contributed by atoms with Crippen molar-refractivity contribution in [2.45, 2.75) is 57.6 Å². The summed E-state index contributed by atoms with van der Waals surface area (Å²) in [6.45, 7) is 2.23. The molecule has 2 amide bonds. The van der Waals surface area contributed by atoms with Crippen LogP contribution in [0.1, 0.15) is 57.6 Å². The SMILES string of the molecule is CCCCC1CCC(C(=O)Nc2nc(CSCC(N)=O)cs2)CC1. The molecule has 0 aliphatic heterocycles. The monoisotopic (exact) mass is 369 g/mol. The van der Waals surface area contributed by atoms with Crippen molar-refractivity contribution in [3.05, 3.63) is 11.1 Å². The molecular formula is C17H27N3O2S2. The van der Waals surface area contributed by atoms with Gasteiger partial charge in [0.25, 0.3) is 0 Å². The Labute approximate surface area is 152 Å². The van der Waals surface area contributed by atoms with Crippen LogP contribution >= 0.6 is 23.1 Å². The van der Waals surface area contributed by atoms with Crippen LogP contribution in [-0.2, 0) is 15.3 Å². The van der Waals surface area contributed by atoms with Crippen molar-refractivity contribution < 1.29 is 9.59 Å². The van der Waals surface area contributed by atoms with Gasteiger partial charge in [-0.2, -0.15) is 0 Å². The zero-order chi connectivity index (χ0) is 17.4. The molecule has 0 aromatic carbocycles. The number of nitrogens with two attached hydrogens (primary N) is 1. The highest BCUT2D eigenvalue weighted by Crippen LogP contribution is 2.32. The Morgan fingerprint density at radius 1 is 1.38 bits per heavy atom. The highest BCUT2D eigenvalue weighted by atomic mass is 32.2. The standard InChI is InChI=1S/C17H27N3O2S2/c1-2-3-4-12-5-7-13(8-6-12)16(22)20-17-19-14(10-24-17)9-23-11-15(18)21/h10,12-13H,2-9,11H2,1H3,(H2,18,21)(H,19,20,22). The number of thiazole rings is 1. The largest absolute Gasteiger partial charge is 0.369 e. The van der Waals surface area contributed by atoms with E-state index >= 15 is 0 Å². The lowest BCUT2D eigenvalue weighted by Crippen LogP contribution is -2.27. The van der Waals surface area contributed by atoms with Gasteiger partial charge in [0, 0.05) is 17.1 Å². The first kappa shape index (κ1) is 19.2. The summed E-state index contributed by atoms with van der Waals surface area (Å²) in [7, 11) is 0. The Morgan fingerprint density at radius 2 is 2.12 bits per heavy atom. The summed E-state index contributed by atoms with van der Waals surface area (Å²) in [4.78, 5) is 27.5. The molecule has 1 aromatic rings. The van der Waals surface area contributed by atoms with Crippen LogP contribution in [0, 0.1) is 11.8 Å². The van der Waals surface area contributed by atoms with Crippen LogP contribution in [0.5, 0.6) is 0 Å². The molecule has 0 saturated heterocycles. The van der Waals surface area contributed by atoms with Crippen molar-refractivity contribution in [3.63, 3.8) is 0 Å². The van der Waals surface area contributed by atoms with E-state index < -0.39 is 0 Å². The van der Waals surface area contributed by atoms with E-state index in [9.17, 15) is 9.59 Å². The summed E-state index contributed by atoms with van der Waals surface area (Å²) in [5.41, 5.74) is 5.99. The zero-order valence-corrected chi connectivity index (χ0v) is 15.9. The normalized spacial score (nSPS) is 20.7. The van der Waals surface area contributed by atoms with Crippen molar-refractivity contribution >= 4 is 40.0 Å². The average molecular weight is 370 g/mol. The lowest BCUT2D eigenvalue weighted by atomic mass is 9.79. The number of carbonyl (C=O) groups excluding carboxylic acids is 2. The number of primary amides is 1. The Balaban J connectivity index is 1.73. The van der Waals surface area contributed by atoms with Gasteiger partial charge in [0.1, 0.15) is 0 Å². The number of carbonyl (C=O) groups is 2. The second-order valence-electron chi connectivity index (χ2n) is 6.45. The molecule has 1 aromatic heterocycles. The van der Waals surface area contributed by atoms with Gasteiger partial charge in [0.15, 0.2) is 5.13 Å². The van der Waals surface area contributed by atoms with Crippen molar-refractivity contribution in [2.24, 2.45) is 17.6 Å². The van der Waals surface area contributed by atoms with Crippen LogP contribution in [-0.4, -0.2) is 22.6 Å². The molecule has 5 nitrogen and oxygen atoms in total. The first-order valence-electron chi connectivity index (χ1n) is 8.69. The van der Waals surface area contributed by atoms with Gasteiger partial charge in [-0.1, -0.05) is 26.2 Å². The third-order valence-electron chi connectivity index (χ3n) is 4.46. The molecule has 2 rings (SSSR count). The van der Waals surface area contributed by atoms with E-state index in [1.807, 2.05) is 5.38 Å². The molecule has 1 fully saturated rings. The number of nitrogens with one attached hydrogen (secondary N) is 1. The van der Waals surface area contributed by atoms with Crippen molar-refractivity contribution in [2.75, 3.05) is 11.1 Å². The molecule has 1 aliphatic rings. The van der Waals surface area contributed by atoms with Crippen LogP contribution in [0.15, 0.2) is 5.38 Å². The van der Waals surface area contributed by atoms with E-state index in [0.717, 1.165) is 24.5 Å². The van der Waals surface area contributed by atoms with Crippen LogP contribution in [0.3, 0.4) is 0 Å². The highest BCUT2D eigenvalue weighted by molar-refractivity contribution is 7.99. The van der Waals surface area contributed by atoms with E-state index in [-0.39, 0.29) is 17.7 Å². The smallest absolute Gasteiger partial charge is 0.229 e. The molecule has 3 N–H and O–H groups in total. The maximum Gasteiger partial charge on any atom is 0.229 e. The van der Waals surface area contributed by atoms with E-state index in [1.54, 1.807) is 0 Å². The van der Waals surface area contributed by atoms with E-state index in [0.29, 0.717) is 16.6 Å². The summed E-state index contributed by atoms with van der Waals surface area (Å²) < 4.78 is 0. The Hall–Kier alpha value is -1.08. The Morgan fingerprint density at radius 3 is 2.79 bits per heavy atom. The minimum atomic E-state index is -0.321. The van der Waals surface area contributed by atoms with Crippen LogP contribution in [0.2, 0.25) is 0 Å². The summed E-state index contributed by atoms with van der Waals surface area (Å²) in [5.74, 6) is 1.65. The fourth-order valence-corrected chi connectivity index (χ4v) is 4.58. The number of anilines is 1. The zero-order valence-electron chi connectivity index (χ0n) is 14.3. The first-order chi connectivity index (χ1) is 11.6. The minimum Gasteiger partial charge on any atom is -0.369 e. The number of rotatable bonds is 9. The predicted molar refractivity (Wildman–Crippen MR) is 101 cm³/mol. The number of nitrogens with zero attached hydrogens (tertiary/aromatic N) is 1. The van der Waals surface area contributed by atoms with Crippen molar-refractivity contribution in [3.8, 4) is 0 Å². The lowest BCUT2D eigenvalue weighted by Gasteiger charge is -2.27. The van der Waals surface area contributed by atoms with Crippen LogP contribution < -0.4 is 11.1 Å². The number of amides is 2. The number of unbranched alkanes of at least 4 members (excludes halogenated alkanes) is 1. The molecule has 24 heavy (non-hydrogen) atoms. The lowest BCUT2D eigenvalue weighted by molar-refractivity contribution is -0.121. The number of thioether (sulfide) groups is 1. The summed E-state index contributed by atoms with van der Waals surface area (Å²) in [6, 6.07) is 0. The van der Waals surface area contributed by atoms with Crippen molar-refractivity contribution in [1.29, 1.82) is 0 Å². The quantitative estimate of drug-likeness (QED) is 0.693. The molecule has 1 saturated carbocycles. The molecular weight excluding hydrogens is 342 g/mol. The van der Waals surface area contributed by atoms with E-state index in [1.165, 1.54) is 55.2 Å². The highest BCUT2D eigenvalue weighted by Gasteiger charge is 2.26. The molecule has 0 spiro atoms. The van der Waals surface area contributed by atoms with Gasteiger partial charge in [0.05, 0.1) is 11.4 Å². The molecule has 134 valence electrons. The first-order valence-corrected chi connectivity index (χ1v) is 10.7. The molecule has 0 radical (unpaired) electrons. The van der Waals surface area contributed by atoms with Gasteiger partial charge in [-0.3, -0.25) is 9.59 Å². The molecule has 1 aliphatic carbocycles. The fraction of sp³-hybridized carbons (Fsp3) is 0.706. The van der Waals surface area contributed by atoms with Gasteiger partial charge in [0.2, 0.25) is 11.8 Å². The van der Waals surface area contributed by atoms with Crippen LogP contribution in [0.25, 0.3) is 0 Å². The topological polar surface area (TPSA) is 85.1 Å². The number of hydrogen-bond acceptors (Lipinski definition) is 5. The minimum absolute atomic E-state index is 0.106. The molecule has 0 unspecified atom stereocenters. The average Bonchev–Trinajstić information content (AvgIpc) is 3.00. The fourth-order valence-electron chi connectivity index (χ4n) is 3.10. The summed E-state index contributed by atoms with van der Waals surface area (Å²) in [6.07, 6.45) is 8.20. The molecule has 1 heterocycles. The second-order valence-corrected chi connectivity index (χ2v) is 8.30. The van der Waals surface area contributed by atoms with Gasteiger partial charge >= 0.3 is 0 Å². The summed E-state index contributed by atoms with van der Waals surface area (Å²) >= 11 is 2.88. The van der Waals surface area contributed by atoms with Gasteiger partial charge in [-0.05, 0) is 31.6 Å². The number of aromatic nitrogens is 1. The second kappa shape index (κ2) is 10.0. The number of hydrogen-bond donors (Lipinski definition) is 2. The predicted octanol–water partition coefficient (Wildman–Crippen LogP) is 3.80. The summed E-state index contributed by atoms with van der Waals surface area (Å²) in [5, 5.41) is 5.53. The maximum absolute atomic E-state index is 12.4. The van der Waals surface area contributed by atoms with Gasteiger partial charge < -0.3 is 11.1 Å². The third-order valence-corrected chi connectivity index (χ3v) is 6.25. The van der Waals surface area contributed by atoms with Gasteiger partial charge in [-0.15, -0.1) is 23.1 Å². The Bertz CT molecular complexity index is 540. The van der Waals surface area contributed by atoms with E-state index in [4.69, 9.17) is 5.73 Å². The van der Waals surface area contributed by atoms with Crippen LogP contribution in [0.4, 0.5) is 5.13 Å².